The zero-order chi connectivity index (χ0) is 19.5. The van der Waals surface area contributed by atoms with Gasteiger partial charge in [-0.2, -0.15) is 21.6 Å². The number of hydrogen-bond donors (Lipinski definition) is 2. The summed E-state index contributed by atoms with van der Waals surface area (Å²) in [5.74, 6) is -1.36. The van der Waals surface area contributed by atoms with Crippen molar-refractivity contribution < 1.29 is 30.9 Å². The minimum atomic E-state index is -4.71. The quantitative estimate of drug-likeness (QED) is 0.762. The maximum Gasteiger partial charge on any atom is 0.417 e. The van der Waals surface area contributed by atoms with E-state index in [0.29, 0.717) is 11.8 Å². The predicted molar refractivity (Wildman–Crippen MR) is 91.3 cm³/mol. The van der Waals surface area contributed by atoms with Crippen LogP contribution in [0.3, 0.4) is 0 Å². The summed E-state index contributed by atoms with van der Waals surface area (Å²) in [5.41, 5.74) is -0.784. The Morgan fingerprint density at radius 2 is 1.88 bits per heavy atom. The second-order valence-corrected chi connectivity index (χ2v) is 8.45. The number of benzene rings is 1. The van der Waals surface area contributed by atoms with E-state index in [2.05, 4.69) is 5.32 Å². The Kier molecular flexibility index (Phi) is 4.08. The van der Waals surface area contributed by atoms with E-state index in [1.807, 2.05) is 0 Å². The standard InChI is InChI=1S/C17H16F3NO4S/c1-16(2)7-10(8-26(23,24)25)13-6-12-9(4-15(13)21-16)3-11(22)5-14(12)17(18,19)20/h4-7,21H,3,8H2,1-2H3,(H,23,24,25). The maximum atomic E-state index is 13.3. The Bertz CT molecular complexity index is 972. The zero-order valence-corrected chi connectivity index (χ0v) is 14.8. The third-order valence-electron chi connectivity index (χ3n) is 4.18. The van der Waals surface area contributed by atoms with E-state index in [1.54, 1.807) is 19.9 Å². The zero-order valence-electron chi connectivity index (χ0n) is 13.9. The summed E-state index contributed by atoms with van der Waals surface area (Å²) in [7, 11) is -4.38. The Balaban J connectivity index is 2.22. The predicted octanol–water partition coefficient (Wildman–Crippen LogP) is 3.23. The lowest BCUT2D eigenvalue weighted by Gasteiger charge is -2.33. The van der Waals surface area contributed by atoms with Crippen molar-refractivity contribution in [2.45, 2.75) is 32.0 Å². The Labute approximate surface area is 148 Å². The molecule has 1 aliphatic heterocycles. The molecule has 2 N–H and O–H groups in total. The number of fused-ring (bicyclic) bond motifs is 2. The second-order valence-electron chi connectivity index (χ2n) is 7.00. The molecule has 3 rings (SSSR count). The fourth-order valence-corrected chi connectivity index (χ4v) is 3.97. The van der Waals surface area contributed by atoms with Crippen LogP contribution in [0, 0.1) is 0 Å². The number of ketones is 1. The van der Waals surface area contributed by atoms with E-state index in [1.165, 1.54) is 12.1 Å². The molecule has 0 bridgehead atoms. The molecule has 1 aliphatic carbocycles. The average Bonchev–Trinajstić information content (AvgIpc) is 2.40. The molecule has 0 aromatic heterocycles. The summed E-state index contributed by atoms with van der Waals surface area (Å²) in [6, 6.07) is 2.68. The van der Waals surface area contributed by atoms with Crippen molar-refractivity contribution in [2.75, 3.05) is 11.1 Å². The number of alkyl halides is 3. The normalized spacial score (nSPS) is 19.1. The molecule has 0 saturated heterocycles. The highest BCUT2D eigenvalue weighted by Crippen LogP contribution is 2.43. The molecule has 0 unspecified atom stereocenters. The van der Waals surface area contributed by atoms with Gasteiger partial charge in [0.1, 0.15) is 5.75 Å². The molecule has 5 nitrogen and oxygen atoms in total. The molecule has 0 fully saturated rings. The van der Waals surface area contributed by atoms with Crippen LogP contribution in [0.25, 0.3) is 11.1 Å². The van der Waals surface area contributed by atoms with E-state index in [0.717, 1.165) is 0 Å². The Morgan fingerprint density at radius 1 is 1.23 bits per heavy atom. The van der Waals surface area contributed by atoms with Crippen LogP contribution < -0.4 is 5.32 Å². The van der Waals surface area contributed by atoms with Crippen LogP contribution in [0.15, 0.2) is 24.3 Å². The average molecular weight is 387 g/mol. The highest BCUT2D eigenvalue weighted by atomic mass is 32.2. The van der Waals surface area contributed by atoms with Gasteiger partial charge < -0.3 is 5.32 Å². The number of halogens is 3. The third kappa shape index (κ3) is 3.68. The van der Waals surface area contributed by atoms with E-state index in [-0.39, 0.29) is 28.7 Å². The molecule has 1 heterocycles. The first-order chi connectivity index (χ1) is 11.8. The third-order valence-corrected chi connectivity index (χ3v) is 4.86. The largest absolute Gasteiger partial charge is 0.417 e. The van der Waals surface area contributed by atoms with Gasteiger partial charge in [-0.15, -0.1) is 0 Å². The molecule has 0 saturated carbocycles. The van der Waals surface area contributed by atoms with E-state index < -0.39 is 38.9 Å². The number of hydrogen-bond acceptors (Lipinski definition) is 4. The molecule has 0 atom stereocenters. The van der Waals surface area contributed by atoms with Gasteiger partial charge in [-0.25, -0.2) is 0 Å². The summed E-state index contributed by atoms with van der Waals surface area (Å²) in [5, 5.41) is 3.11. The van der Waals surface area contributed by atoms with Gasteiger partial charge in [0.05, 0.1) is 11.1 Å². The number of rotatable bonds is 2. The summed E-state index contributed by atoms with van der Waals surface area (Å²) in [6.45, 7) is 3.51. The molecular weight excluding hydrogens is 371 g/mol. The first kappa shape index (κ1) is 18.7. The van der Waals surface area contributed by atoms with Crippen molar-refractivity contribution in [1.29, 1.82) is 0 Å². The van der Waals surface area contributed by atoms with Crippen molar-refractivity contribution in [3.05, 3.63) is 41.0 Å². The number of nitrogens with one attached hydrogen (secondary N) is 1. The minimum Gasteiger partial charge on any atom is -0.376 e. The first-order valence-electron chi connectivity index (χ1n) is 7.70. The first-order valence-corrected chi connectivity index (χ1v) is 9.30. The molecule has 140 valence electrons. The number of anilines is 1. The lowest BCUT2D eigenvalue weighted by atomic mass is 9.83. The number of carbonyl (C=O) groups excluding carboxylic acids is 1. The van der Waals surface area contributed by atoms with Gasteiger partial charge in [-0.05, 0) is 48.8 Å². The molecule has 2 aliphatic rings. The van der Waals surface area contributed by atoms with E-state index in [4.69, 9.17) is 0 Å². The van der Waals surface area contributed by atoms with Crippen molar-refractivity contribution in [2.24, 2.45) is 0 Å². The lowest BCUT2D eigenvalue weighted by Crippen LogP contribution is -2.33. The molecule has 1 aromatic carbocycles. The Hall–Kier alpha value is -2.13. The smallest absolute Gasteiger partial charge is 0.376 e. The summed E-state index contributed by atoms with van der Waals surface area (Å²) >= 11 is 0. The van der Waals surface area contributed by atoms with E-state index >= 15 is 0 Å². The topological polar surface area (TPSA) is 83.5 Å². The van der Waals surface area contributed by atoms with Crippen molar-refractivity contribution in [1.82, 2.24) is 0 Å². The van der Waals surface area contributed by atoms with Gasteiger partial charge in [0.25, 0.3) is 10.1 Å². The number of carbonyl (C=O) groups is 1. The molecule has 1 aromatic rings. The molecular formula is C17H16F3NO4S. The van der Waals surface area contributed by atoms with Crippen LogP contribution >= 0.6 is 0 Å². The lowest BCUT2D eigenvalue weighted by molar-refractivity contribution is -0.114. The van der Waals surface area contributed by atoms with Crippen molar-refractivity contribution in [3.8, 4) is 0 Å². The monoisotopic (exact) mass is 387 g/mol. The maximum absolute atomic E-state index is 13.3. The SMILES string of the molecule is CC1(C)C=C(CS(=O)(=O)O)c2cc3c(cc2N1)CC(=O)C=C3C(F)(F)F. The fraction of sp³-hybridized carbons (Fsp3) is 0.353. The molecule has 26 heavy (non-hydrogen) atoms. The molecule has 9 heteroatoms. The molecule has 0 amide bonds. The summed E-state index contributed by atoms with van der Waals surface area (Å²) in [6.07, 6.45) is -2.75. The van der Waals surface area contributed by atoms with Crippen LogP contribution in [0.2, 0.25) is 0 Å². The van der Waals surface area contributed by atoms with Gasteiger partial charge in [0.2, 0.25) is 0 Å². The van der Waals surface area contributed by atoms with E-state index in [9.17, 15) is 30.9 Å². The number of allylic oxidation sites excluding steroid dienone is 2. The highest BCUT2D eigenvalue weighted by molar-refractivity contribution is 7.86. The minimum absolute atomic E-state index is 0.154. The highest BCUT2D eigenvalue weighted by Gasteiger charge is 2.39. The van der Waals surface area contributed by atoms with Crippen LogP contribution in [0.4, 0.5) is 18.9 Å². The van der Waals surface area contributed by atoms with Crippen LogP contribution in [0.5, 0.6) is 0 Å². The van der Waals surface area contributed by atoms with Gasteiger partial charge >= 0.3 is 6.18 Å². The van der Waals surface area contributed by atoms with Crippen LogP contribution in [-0.4, -0.2) is 36.2 Å². The van der Waals surface area contributed by atoms with Crippen LogP contribution in [-0.2, 0) is 21.3 Å². The van der Waals surface area contributed by atoms with Crippen molar-refractivity contribution in [3.63, 3.8) is 0 Å². The molecule has 0 spiro atoms. The summed E-state index contributed by atoms with van der Waals surface area (Å²) in [4.78, 5) is 11.7. The molecule has 0 radical (unpaired) electrons. The van der Waals surface area contributed by atoms with Gasteiger partial charge in [0.15, 0.2) is 5.78 Å². The van der Waals surface area contributed by atoms with Crippen LogP contribution in [0.1, 0.15) is 30.5 Å². The van der Waals surface area contributed by atoms with Crippen molar-refractivity contribution >= 4 is 32.7 Å². The fourth-order valence-electron chi connectivity index (χ4n) is 3.34. The summed E-state index contributed by atoms with van der Waals surface area (Å²) < 4.78 is 71.9. The van der Waals surface area contributed by atoms with Gasteiger partial charge in [-0.1, -0.05) is 6.08 Å². The Morgan fingerprint density at radius 3 is 2.46 bits per heavy atom. The van der Waals surface area contributed by atoms with Gasteiger partial charge in [-0.3, -0.25) is 9.35 Å². The van der Waals surface area contributed by atoms with Gasteiger partial charge in [0, 0.05) is 17.7 Å². The second kappa shape index (κ2) is 5.68.